The van der Waals surface area contributed by atoms with Crippen LogP contribution in [-0.4, -0.2) is 82.8 Å². The zero-order valence-electron chi connectivity index (χ0n) is 22.0. The number of carboxylic acids is 1. The second-order valence-electron chi connectivity index (χ2n) is 9.13. The van der Waals surface area contributed by atoms with E-state index in [-0.39, 0.29) is 0 Å². The van der Waals surface area contributed by atoms with Gasteiger partial charge >= 0.3 is 18.2 Å². The minimum atomic E-state index is -5.08. The van der Waals surface area contributed by atoms with Crippen LogP contribution >= 0.6 is 22.7 Å². The van der Waals surface area contributed by atoms with Crippen LogP contribution in [0.1, 0.15) is 17.4 Å². The molecule has 0 spiro atoms. The predicted molar refractivity (Wildman–Crippen MR) is 152 cm³/mol. The van der Waals surface area contributed by atoms with Crippen LogP contribution in [0.3, 0.4) is 0 Å². The minimum Gasteiger partial charge on any atom is -0.475 e. The highest BCUT2D eigenvalue weighted by atomic mass is 32.2. The number of hydrogen-bond acceptors (Lipinski definition) is 8. The Labute approximate surface area is 246 Å². The van der Waals surface area contributed by atoms with E-state index in [1.54, 1.807) is 22.8 Å². The number of nitrogens with zero attached hydrogens (tertiary/aromatic N) is 3. The van der Waals surface area contributed by atoms with Crippen molar-refractivity contribution in [3.8, 4) is 10.7 Å². The van der Waals surface area contributed by atoms with E-state index in [1.807, 2.05) is 37.4 Å². The maximum Gasteiger partial charge on any atom is 0.490 e. The maximum absolute atomic E-state index is 13.0. The van der Waals surface area contributed by atoms with Crippen molar-refractivity contribution in [1.82, 2.24) is 19.8 Å². The Hall–Kier alpha value is -3.67. The van der Waals surface area contributed by atoms with E-state index in [9.17, 15) is 26.4 Å². The van der Waals surface area contributed by atoms with Crippen molar-refractivity contribution in [2.45, 2.75) is 30.3 Å². The first-order valence-electron chi connectivity index (χ1n) is 12.4. The summed E-state index contributed by atoms with van der Waals surface area (Å²) in [6, 6.07) is 9.34. The van der Waals surface area contributed by atoms with E-state index in [4.69, 9.17) is 15.0 Å². The fraction of sp³-hybridized carbons (Fsp3) is 0.320. The summed E-state index contributed by atoms with van der Waals surface area (Å²) >= 11 is 2.79. The molecule has 0 radical (unpaired) electrons. The number of carboxylic acid groups (broad SMARTS) is 2. The maximum atomic E-state index is 13.0. The van der Waals surface area contributed by atoms with E-state index in [0.717, 1.165) is 33.1 Å². The number of halogens is 3. The Morgan fingerprint density at radius 2 is 1.83 bits per heavy atom. The standard InChI is InChI=1S/C23H25N5O4S3.C2HF3O2/c1-2-15-6-11-33-22(15)35(31,32)26-18-5-3-4-16-12-19(25-20(16)18)21-24-13-17(34-21)14-27-7-9-28(10-8-27)23(29)30;3-2(4,5)1(6)7/h3-6,11-13,25-26H,2,7-10,14H2,1H3,(H,29,30);(H,6,7). The first-order valence-corrected chi connectivity index (χ1v) is 15.6. The van der Waals surface area contributed by atoms with Crippen molar-refractivity contribution < 1.29 is 41.4 Å². The molecule has 17 heteroatoms. The van der Waals surface area contributed by atoms with Crippen molar-refractivity contribution in [3.63, 3.8) is 0 Å². The Bertz CT molecular complexity index is 1670. The van der Waals surface area contributed by atoms with E-state index in [0.29, 0.717) is 48.0 Å². The third-order valence-electron chi connectivity index (χ3n) is 6.28. The highest BCUT2D eigenvalue weighted by Gasteiger charge is 2.38. The number of sulfonamides is 1. The lowest BCUT2D eigenvalue weighted by Crippen LogP contribution is -2.47. The molecular weight excluding hydrogens is 619 g/mol. The lowest BCUT2D eigenvalue weighted by Gasteiger charge is -2.32. The number of carbonyl (C=O) groups is 2. The molecule has 0 aliphatic carbocycles. The van der Waals surface area contributed by atoms with Gasteiger partial charge in [0.15, 0.2) is 0 Å². The number of aromatic amines is 1. The van der Waals surface area contributed by atoms with Crippen molar-refractivity contribution in [2.24, 2.45) is 0 Å². The summed E-state index contributed by atoms with van der Waals surface area (Å²) < 4.78 is 60.9. The van der Waals surface area contributed by atoms with Gasteiger partial charge in [-0.05, 0) is 35.6 Å². The average Bonchev–Trinajstić information content (AvgIpc) is 3.68. The zero-order chi connectivity index (χ0) is 30.7. The van der Waals surface area contributed by atoms with Crippen LogP contribution < -0.4 is 4.72 Å². The third kappa shape index (κ3) is 7.39. The van der Waals surface area contributed by atoms with Gasteiger partial charge in [-0.15, -0.1) is 22.7 Å². The molecule has 4 N–H and O–H groups in total. The van der Waals surface area contributed by atoms with Crippen LogP contribution in [0.2, 0.25) is 0 Å². The van der Waals surface area contributed by atoms with Crippen LogP contribution in [0.15, 0.2) is 46.1 Å². The number of aryl methyl sites for hydroxylation is 1. The quantitative estimate of drug-likeness (QED) is 0.215. The SMILES string of the molecule is CCc1ccsc1S(=O)(=O)Nc1cccc2cc(-c3ncc(CN4CCN(C(=O)O)CC4)s3)[nH]c12.O=C(O)C(F)(F)F. The third-order valence-corrected chi connectivity index (χ3v) is 10.2. The van der Waals surface area contributed by atoms with Gasteiger partial charge in [0, 0.05) is 49.2 Å². The summed E-state index contributed by atoms with van der Waals surface area (Å²) in [6.45, 7) is 5.06. The number of amides is 1. The Balaban J connectivity index is 0.000000517. The molecule has 4 heterocycles. The number of piperazine rings is 1. The molecule has 1 fully saturated rings. The van der Waals surface area contributed by atoms with Gasteiger partial charge in [-0.3, -0.25) is 9.62 Å². The molecule has 226 valence electrons. The summed E-state index contributed by atoms with van der Waals surface area (Å²) in [6.07, 6.45) is -3.45. The first-order chi connectivity index (χ1) is 19.8. The fourth-order valence-electron chi connectivity index (χ4n) is 4.19. The largest absolute Gasteiger partial charge is 0.490 e. The molecule has 42 heavy (non-hydrogen) atoms. The number of anilines is 1. The molecule has 4 aromatic rings. The molecule has 1 aliphatic heterocycles. The fourth-order valence-corrected chi connectivity index (χ4v) is 7.74. The number of benzene rings is 1. The van der Waals surface area contributed by atoms with Gasteiger partial charge in [0.1, 0.15) is 9.22 Å². The summed E-state index contributed by atoms with van der Waals surface area (Å²) in [5, 5.41) is 19.8. The smallest absolute Gasteiger partial charge is 0.475 e. The number of fused-ring (bicyclic) bond motifs is 1. The minimum absolute atomic E-state index is 0.345. The summed E-state index contributed by atoms with van der Waals surface area (Å²) in [4.78, 5) is 32.7. The number of aliphatic carboxylic acids is 1. The number of aromatic nitrogens is 2. The molecule has 3 aromatic heterocycles. The molecule has 0 unspecified atom stereocenters. The van der Waals surface area contributed by atoms with Crippen LogP contribution in [0.5, 0.6) is 0 Å². The highest BCUT2D eigenvalue weighted by Crippen LogP contribution is 2.33. The van der Waals surface area contributed by atoms with Crippen LogP contribution in [0.4, 0.5) is 23.7 Å². The molecule has 0 atom stereocenters. The molecule has 1 aromatic carbocycles. The number of para-hydroxylation sites is 1. The number of nitrogens with one attached hydrogen (secondary N) is 2. The number of alkyl halides is 3. The zero-order valence-corrected chi connectivity index (χ0v) is 24.5. The van der Waals surface area contributed by atoms with Crippen molar-refractivity contribution in [3.05, 3.63) is 52.3 Å². The van der Waals surface area contributed by atoms with Crippen molar-refractivity contribution >= 4 is 61.3 Å². The Morgan fingerprint density at radius 1 is 1.14 bits per heavy atom. The number of hydrogen-bond donors (Lipinski definition) is 4. The van der Waals surface area contributed by atoms with Crippen molar-refractivity contribution in [1.29, 1.82) is 0 Å². The summed E-state index contributed by atoms with van der Waals surface area (Å²) in [7, 11) is -3.69. The number of thiazole rings is 1. The molecule has 1 saturated heterocycles. The molecule has 11 nitrogen and oxygen atoms in total. The molecular formula is C25H26F3N5O6S3. The van der Waals surface area contributed by atoms with Gasteiger partial charge in [-0.1, -0.05) is 19.1 Å². The van der Waals surface area contributed by atoms with E-state index < -0.39 is 28.3 Å². The Kier molecular flexibility index (Phi) is 9.44. The van der Waals surface area contributed by atoms with Gasteiger partial charge in [0.2, 0.25) is 0 Å². The lowest BCUT2D eigenvalue weighted by atomic mass is 10.2. The van der Waals surface area contributed by atoms with Gasteiger partial charge in [0.25, 0.3) is 10.0 Å². The summed E-state index contributed by atoms with van der Waals surface area (Å²) in [5.74, 6) is -2.76. The van der Waals surface area contributed by atoms with Crippen LogP contribution in [0.25, 0.3) is 21.6 Å². The molecule has 0 saturated carbocycles. The van der Waals surface area contributed by atoms with Gasteiger partial charge in [0.05, 0.1) is 16.9 Å². The van der Waals surface area contributed by atoms with E-state index >= 15 is 0 Å². The highest BCUT2D eigenvalue weighted by molar-refractivity contribution is 7.94. The van der Waals surface area contributed by atoms with Gasteiger partial charge < -0.3 is 20.1 Å². The van der Waals surface area contributed by atoms with Crippen LogP contribution in [0, 0.1) is 0 Å². The van der Waals surface area contributed by atoms with E-state index in [1.165, 1.54) is 16.2 Å². The molecule has 5 rings (SSSR count). The normalized spacial score (nSPS) is 14.4. The summed E-state index contributed by atoms with van der Waals surface area (Å²) in [5.41, 5.74) is 2.84. The topological polar surface area (TPSA) is 156 Å². The van der Waals surface area contributed by atoms with E-state index in [2.05, 4.69) is 19.6 Å². The average molecular weight is 646 g/mol. The molecule has 0 bridgehead atoms. The van der Waals surface area contributed by atoms with Crippen LogP contribution in [-0.2, 0) is 27.8 Å². The van der Waals surface area contributed by atoms with Gasteiger partial charge in [-0.2, -0.15) is 13.2 Å². The second kappa shape index (κ2) is 12.7. The Morgan fingerprint density at radius 3 is 2.45 bits per heavy atom. The van der Waals surface area contributed by atoms with Gasteiger partial charge in [-0.25, -0.2) is 23.0 Å². The number of H-pyrrole nitrogens is 1. The monoisotopic (exact) mass is 645 g/mol. The first kappa shape index (κ1) is 31.3. The second-order valence-corrected chi connectivity index (χ2v) is 13.0. The molecule has 1 aliphatic rings. The number of thiophene rings is 1. The molecule has 1 amide bonds. The number of rotatable bonds is 7. The lowest BCUT2D eigenvalue weighted by molar-refractivity contribution is -0.192. The predicted octanol–water partition coefficient (Wildman–Crippen LogP) is 5.15. The van der Waals surface area contributed by atoms with Crippen molar-refractivity contribution in [2.75, 3.05) is 30.9 Å².